The highest BCUT2D eigenvalue weighted by molar-refractivity contribution is 5.96. The van der Waals surface area contributed by atoms with Gasteiger partial charge in [-0.25, -0.2) is 0 Å². The Labute approximate surface area is 126 Å². The van der Waals surface area contributed by atoms with E-state index in [0.717, 1.165) is 22.4 Å². The Morgan fingerprint density at radius 3 is 2.57 bits per heavy atom. The number of hydrogen-bond donors (Lipinski definition) is 1. The SMILES string of the molecule is Cc1ccc(C)c(C(=O)N[C@@H](C)COc2ccccc2)c1. The van der Waals surface area contributed by atoms with Crippen molar-refractivity contribution in [3.63, 3.8) is 0 Å². The molecule has 2 rings (SSSR count). The van der Waals surface area contributed by atoms with Gasteiger partial charge in [-0.05, 0) is 44.5 Å². The second-order valence-electron chi connectivity index (χ2n) is 5.32. The summed E-state index contributed by atoms with van der Waals surface area (Å²) in [6.07, 6.45) is 0. The minimum Gasteiger partial charge on any atom is -0.491 e. The molecule has 1 atom stereocenters. The topological polar surface area (TPSA) is 38.3 Å². The van der Waals surface area contributed by atoms with E-state index in [2.05, 4.69) is 5.32 Å². The van der Waals surface area contributed by atoms with Crippen LogP contribution < -0.4 is 10.1 Å². The summed E-state index contributed by atoms with van der Waals surface area (Å²) in [5, 5.41) is 2.97. The smallest absolute Gasteiger partial charge is 0.251 e. The summed E-state index contributed by atoms with van der Waals surface area (Å²) in [6.45, 7) is 6.31. The molecule has 0 saturated carbocycles. The Morgan fingerprint density at radius 1 is 1.14 bits per heavy atom. The van der Waals surface area contributed by atoms with Crippen LogP contribution >= 0.6 is 0 Å². The molecule has 0 heterocycles. The molecule has 0 aliphatic rings. The van der Waals surface area contributed by atoms with Crippen molar-refractivity contribution in [2.75, 3.05) is 6.61 Å². The van der Waals surface area contributed by atoms with Gasteiger partial charge in [0.25, 0.3) is 5.91 Å². The monoisotopic (exact) mass is 283 g/mol. The maximum atomic E-state index is 12.3. The molecule has 0 saturated heterocycles. The number of nitrogens with one attached hydrogen (secondary N) is 1. The quantitative estimate of drug-likeness (QED) is 0.912. The first kappa shape index (κ1) is 15.1. The van der Waals surface area contributed by atoms with E-state index in [4.69, 9.17) is 4.74 Å². The molecule has 0 unspecified atom stereocenters. The number of carbonyl (C=O) groups excluding carboxylic acids is 1. The zero-order valence-corrected chi connectivity index (χ0v) is 12.7. The number of ether oxygens (including phenoxy) is 1. The van der Waals surface area contributed by atoms with Gasteiger partial charge >= 0.3 is 0 Å². The third-order valence-electron chi connectivity index (χ3n) is 3.26. The van der Waals surface area contributed by atoms with Crippen LogP contribution in [0, 0.1) is 13.8 Å². The first-order valence-corrected chi connectivity index (χ1v) is 7.12. The van der Waals surface area contributed by atoms with E-state index in [1.807, 2.05) is 69.3 Å². The van der Waals surface area contributed by atoms with Gasteiger partial charge in [0.15, 0.2) is 0 Å². The molecule has 0 aliphatic heterocycles. The van der Waals surface area contributed by atoms with Gasteiger partial charge in [-0.3, -0.25) is 4.79 Å². The third kappa shape index (κ3) is 4.35. The number of aryl methyl sites for hydroxylation is 2. The summed E-state index contributed by atoms with van der Waals surface area (Å²) in [6, 6.07) is 15.4. The molecule has 0 aliphatic carbocycles. The molecule has 110 valence electrons. The van der Waals surface area contributed by atoms with Gasteiger partial charge in [-0.15, -0.1) is 0 Å². The second kappa shape index (κ2) is 6.93. The lowest BCUT2D eigenvalue weighted by Crippen LogP contribution is -2.37. The molecule has 0 fully saturated rings. The summed E-state index contributed by atoms with van der Waals surface area (Å²) in [5.41, 5.74) is 2.79. The van der Waals surface area contributed by atoms with E-state index in [9.17, 15) is 4.79 Å². The lowest BCUT2D eigenvalue weighted by molar-refractivity contribution is 0.0926. The zero-order chi connectivity index (χ0) is 15.2. The van der Waals surface area contributed by atoms with Crippen LogP contribution in [0.2, 0.25) is 0 Å². The molecule has 0 aromatic heterocycles. The van der Waals surface area contributed by atoms with Gasteiger partial charge in [0.05, 0.1) is 6.04 Å². The molecule has 3 heteroatoms. The Balaban J connectivity index is 1.91. The molecular weight excluding hydrogens is 262 g/mol. The number of carbonyl (C=O) groups is 1. The summed E-state index contributed by atoms with van der Waals surface area (Å²) in [5.74, 6) is 0.755. The standard InChI is InChI=1S/C18H21NO2/c1-13-9-10-14(2)17(11-13)18(20)19-15(3)12-21-16-7-5-4-6-8-16/h4-11,15H,12H2,1-3H3,(H,19,20)/t15-/m0/s1. The molecule has 21 heavy (non-hydrogen) atoms. The van der Waals surface area contributed by atoms with Crippen LogP contribution in [0.1, 0.15) is 28.4 Å². The Morgan fingerprint density at radius 2 is 1.86 bits per heavy atom. The molecule has 2 aromatic carbocycles. The van der Waals surface area contributed by atoms with Gasteiger partial charge in [0, 0.05) is 5.56 Å². The van der Waals surface area contributed by atoms with E-state index in [0.29, 0.717) is 6.61 Å². The molecule has 1 amide bonds. The van der Waals surface area contributed by atoms with Gasteiger partial charge in [-0.2, -0.15) is 0 Å². The van der Waals surface area contributed by atoms with Gasteiger partial charge in [0.2, 0.25) is 0 Å². The highest BCUT2D eigenvalue weighted by atomic mass is 16.5. The van der Waals surface area contributed by atoms with Crippen LogP contribution in [0.4, 0.5) is 0 Å². The summed E-state index contributed by atoms with van der Waals surface area (Å²) in [7, 11) is 0. The van der Waals surface area contributed by atoms with Crippen LogP contribution in [0.3, 0.4) is 0 Å². The predicted octanol–water partition coefficient (Wildman–Crippen LogP) is 3.50. The predicted molar refractivity (Wildman–Crippen MR) is 84.8 cm³/mol. The summed E-state index contributed by atoms with van der Waals surface area (Å²) >= 11 is 0. The third-order valence-corrected chi connectivity index (χ3v) is 3.26. The van der Waals surface area contributed by atoms with E-state index >= 15 is 0 Å². The largest absolute Gasteiger partial charge is 0.491 e. The number of benzene rings is 2. The lowest BCUT2D eigenvalue weighted by Gasteiger charge is -2.16. The maximum absolute atomic E-state index is 12.3. The van der Waals surface area contributed by atoms with Crippen LogP contribution in [-0.4, -0.2) is 18.6 Å². The van der Waals surface area contributed by atoms with Crippen LogP contribution in [-0.2, 0) is 0 Å². The van der Waals surface area contributed by atoms with E-state index < -0.39 is 0 Å². The first-order chi connectivity index (χ1) is 10.1. The number of rotatable bonds is 5. The Kier molecular flexibility index (Phi) is 4.99. The fourth-order valence-corrected chi connectivity index (χ4v) is 2.06. The zero-order valence-electron chi connectivity index (χ0n) is 12.7. The minimum absolute atomic E-state index is 0.0552. The lowest BCUT2D eigenvalue weighted by atomic mass is 10.0. The summed E-state index contributed by atoms with van der Waals surface area (Å²) < 4.78 is 5.64. The molecule has 3 nitrogen and oxygen atoms in total. The van der Waals surface area contributed by atoms with Crippen molar-refractivity contribution in [2.24, 2.45) is 0 Å². The highest BCUT2D eigenvalue weighted by Crippen LogP contribution is 2.11. The number of hydrogen-bond acceptors (Lipinski definition) is 2. The minimum atomic E-state index is -0.0578. The number of amides is 1. The fraction of sp³-hybridized carbons (Fsp3) is 0.278. The van der Waals surface area contributed by atoms with Crippen LogP contribution in [0.15, 0.2) is 48.5 Å². The van der Waals surface area contributed by atoms with Crippen molar-refractivity contribution in [3.05, 3.63) is 65.2 Å². The van der Waals surface area contributed by atoms with Gasteiger partial charge in [-0.1, -0.05) is 35.9 Å². The van der Waals surface area contributed by atoms with E-state index in [-0.39, 0.29) is 11.9 Å². The van der Waals surface area contributed by atoms with Crippen molar-refractivity contribution in [3.8, 4) is 5.75 Å². The normalized spacial score (nSPS) is 11.8. The average Bonchev–Trinajstić information content (AvgIpc) is 2.48. The Hall–Kier alpha value is -2.29. The molecule has 2 aromatic rings. The molecular formula is C18H21NO2. The van der Waals surface area contributed by atoms with Crippen LogP contribution in [0.25, 0.3) is 0 Å². The molecule has 1 N–H and O–H groups in total. The first-order valence-electron chi connectivity index (χ1n) is 7.12. The van der Waals surface area contributed by atoms with Crippen molar-refractivity contribution >= 4 is 5.91 Å². The van der Waals surface area contributed by atoms with Crippen molar-refractivity contribution in [2.45, 2.75) is 26.8 Å². The Bertz CT molecular complexity index is 608. The van der Waals surface area contributed by atoms with E-state index in [1.54, 1.807) is 0 Å². The van der Waals surface area contributed by atoms with Crippen LogP contribution in [0.5, 0.6) is 5.75 Å². The summed E-state index contributed by atoms with van der Waals surface area (Å²) in [4.78, 5) is 12.3. The van der Waals surface area contributed by atoms with Crippen molar-refractivity contribution < 1.29 is 9.53 Å². The second-order valence-corrected chi connectivity index (χ2v) is 5.32. The van der Waals surface area contributed by atoms with E-state index in [1.165, 1.54) is 0 Å². The van der Waals surface area contributed by atoms with Crippen molar-refractivity contribution in [1.29, 1.82) is 0 Å². The molecule has 0 radical (unpaired) electrons. The average molecular weight is 283 g/mol. The molecule has 0 spiro atoms. The fourth-order valence-electron chi connectivity index (χ4n) is 2.06. The number of para-hydroxylation sites is 1. The van der Waals surface area contributed by atoms with Gasteiger partial charge < -0.3 is 10.1 Å². The highest BCUT2D eigenvalue weighted by Gasteiger charge is 2.12. The van der Waals surface area contributed by atoms with Gasteiger partial charge in [0.1, 0.15) is 12.4 Å². The maximum Gasteiger partial charge on any atom is 0.251 e. The molecule has 0 bridgehead atoms. The van der Waals surface area contributed by atoms with Crippen molar-refractivity contribution in [1.82, 2.24) is 5.32 Å².